The SMILES string of the molecule is CC(C)c1c(Cl)ncnc1N1CCCCC1. The Labute approximate surface area is 102 Å². The maximum atomic E-state index is 6.17. The molecule has 0 amide bonds. The van der Waals surface area contributed by atoms with E-state index in [1.807, 2.05) is 0 Å². The van der Waals surface area contributed by atoms with Crippen molar-refractivity contribution in [2.45, 2.75) is 39.0 Å². The van der Waals surface area contributed by atoms with Crippen molar-refractivity contribution in [3.05, 3.63) is 17.0 Å². The standard InChI is InChI=1S/C12H18ClN3/c1-9(2)10-11(13)14-8-15-12(10)16-6-4-3-5-7-16/h8-9H,3-7H2,1-2H3. The Morgan fingerprint density at radius 1 is 1.19 bits per heavy atom. The lowest BCUT2D eigenvalue weighted by atomic mass is 10.0. The Morgan fingerprint density at radius 2 is 1.88 bits per heavy atom. The lowest BCUT2D eigenvalue weighted by Gasteiger charge is -2.30. The summed E-state index contributed by atoms with van der Waals surface area (Å²) < 4.78 is 0. The van der Waals surface area contributed by atoms with Gasteiger partial charge in [0.15, 0.2) is 0 Å². The summed E-state index contributed by atoms with van der Waals surface area (Å²) in [6.07, 6.45) is 5.39. The van der Waals surface area contributed by atoms with E-state index in [0.29, 0.717) is 11.1 Å². The van der Waals surface area contributed by atoms with Gasteiger partial charge in [-0.15, -0.1) is 0 Å². The Hall–Kier alpha value is -0.830. The Kier molecular flexibility index (Phi) is 3.64. The predicted molar refractivity (Wildman–Crippen MR) is 67.2 cm³/mol. The summed E-state index contributed by atoms with van der Waals surface area (Å²) in [5.41, 5.74) is 1.09. The number of piperidine rings is 1. The van der Waals surface area contributed by atoms with Crippen molar-refractivity contribution in [3.8, 4) is 0 Å². The minimum absolute atomic E-state index is 0.366. The van der Waals surface area contributed by atoms with Gasteiger partial charge in [0.25, 0.3) is 0 Å². The van der Waals surface area contributed by atoms with E-state index < -0.39 is 0 Å². The first-order valence-corrected chi connectivity index (χ1v) is 6.33. The molecule has 1 aromatic heterocycles. The van der Waals surface area contributed by atoms with Crippen LogP contribution in [0.25, 0.3) is 0 Å². The number of hydrogen-bond donors (Lipinski definition) is 0. The van der Waals surface area contributed by atoms with Crippen molar-refractivity contribution < 1.29 is 0 Å². The molecule has 0 spiro atoms. The normalized spacial score (nSPS) is 16.9. The molecular formula is C12H18ClN3. The molecule has 1 aliphatic rings. The molecule has 0 aromatic carbocycles. The van der Waals surface area contributed by atoms with Crippen LogP contribution in [0.15, 0.2) is 6.33 Å². The van der Waals surface area contributed by atoms with E-state index in [1.165, 1.54) is 19.3 Å². The van der Waals surface area contributed by atoms with Gasteiger partial charge < -0.3 is 4.90 Å². The van der Waals surface area contributed by atoms with E-state index in [4.69, 9.17) is 11.6 Å². The van der Waals surface area contributed by atoms with E-state index in [9.17, 15) is 0 Å². The quantitative estimate of drug-likeness (QED) is 0.742. The molecule has 4 heteroatoms. The minimum atomic E-state index is 0.366. The van der Waals surface area contributed by atoms with Gasteiger partial charge in [0.05, 0.1) is 0 Å². The van der Waals surface area contributed by atoms with Crippen LogP contribution in [0.1, 0.15) is 44.6 Å². The highest BCUT2D eigenvalue weighted by Crippen LogP contribution is 2.31. The summed E-state index contributed by atoms with van der Waals surface area (Å²) in [6.45, 7) is 6.45. The topological polar surface area (TPSA) is 29.0 Å². The molecule has 1 aliphatic heterocycles. The van der Waals surface area contributed by atoms with Crippen molar-refractivity contribution in [2.24, 2.45) is 0 Å². The van der Waals surface area contributed by atoms with Gasteiger partial charge in [-0.3, -0.25) is 0 Å². The smallest absolute Gasteiger partial charge is 0.138 e. The van der Waals surface area contributed by atoms with Gasteiger partial charge in [0.1, 0.15) is 17.3 Å². The lowest BCUT2D eigenvalue weighted by Crippen LogP contribution is -2.31. The molecule has 0 bridgehead atoms. The summed E-state index contributed by atoms with van der Waals surface area (Å²) in [4.78, 5) is 10.8. The largest absolute Gasteiger partial charge is 0.356 e. The zero-order chi connectivity index (χ0) is 11.5. The molecule has 1 aromatic rings. The van der Waals surface area contributed by atoms with Crippen LogP contribution in [0, 0.1) is 0 Å². The first-order chi connectivity index (χ1) is 7.70. The van der Waals surface area contributed by atoms with Gasteiger partial charge in [-0.05, 0) is 25.2 Å². The second kappa shape index (κ2) is 5.00. The van der Waals surface area contributed by atoms with E-state index >= 15 is 0 Å². The summed E-state index contributed by atoms with van der Waals surface area (Å²) >= 11 is 6.17. The highest BCUT2D eigenvalue weighted by Gasteiger charge is 2.20. The number of aromatic nitrogens is 2. The zero-order valence-corrected chi connectivity index (χ0v) is 10.7. The number of halogens is 1. The zero-order valence-electron chi connectivity index (χ0n) is 9.91. The number of anilines is 1. The number of hydrogen-bond acceptors (Lipinski definition) is 3. The monoisotopic (exact) mass is 239 g/mol. The third-order valence-corrected chi connectivity index (χ3v) is 3.35. The van der Waals surface area contributed by atoms with Crippen LogP contribution in [0.3, 0.4) is 0 Å². The third kappa shape index (κ3) is 2.29. The van der Waals surface area contributed by atoms with E-state index in [1.54, 1.807) is 6.33 Å². The van der Waals surface area contributed by atoms with Crippen LogP contribution in [0.4, 0.5) is 5.82 Å². The molecule has 0 atom stereocenters. The fraction of sp³-hybridized carbons (Fsp3) is 0.667. The van der Waals surface area contributed by atoms with E-state index in [-0.39, 0.29) is 0 Å². The fourth-order valence-electron chi connectivity index (χ4n) is 2.22. The van der Waals surface area contributed by atoms with Gasteiger partial charge >= 0.3 is 0 Å². The molecule has 16 heavy (non-hydrogen) atoms. The van der Waals surface area contributed by atoms with Crippen molar-refractivity contribution in [1.29, 1.82) is 0 Å². The summed E-state index contributed by atoms with van der Waals surface area (Å²) in [6, 6.07) is 0. The minimum Gasteiger partial charge on any atom is -0.356 e. The maximum Gasteiger partial charge on any atom is 0.138 e. The molecule has 1 saturated heterocycles. The van der Waals surface area contributed by atoms with Crippen molar-refractivity contribution in [3.63, 3.8) is 0 Å². The highest BCUT2D eigenvalue weighted by atomic mass is 35.5. The van der Waals surface area contributed by atoms with Crippen LogP contribution < -0.4 is 4.90 Å². The van der Waals surface area contributed by atoms with Crippen molar-refractivity contribution >= 4 is 17.4 Å². The molecule has 0 radical (unpaired) electrons. The van der Waals surface area contributed by atoms with Crippen LogP contribution in [0.5, 0.6) is 0 Å². The highest BCUT2D eigenvalue weighted by molar-refractivity contribution is 6.30. The molecule has 0 saturated carbocycles. The Balaban J connectivity index is 2.34. The second-order valence-electron chi connectivity index (χ2n) is 4.60. The average Bonchev–Trinajstić information content (AvgIpc) is 2.29. The first kappa shape index (κ1) is 11.6. The van der Waals surface area contributed by atoms with Crippen LogP contribution >= 0.6 is 11.6 Å². The molecular weight excluding hydrogens is 222 g/mol. The summed E-state index contributed by atoms with van der Waals surface area (Å²) in [5, 5.41) is 0.602. The summed E-state index contributed by atoms with van der Waals surface area (Å²) in [5.74, 6) is 1.40. The third-order valence-electron chi connectivity index (χ3n) is 3.05. The van der Waals surface area contributed by atoms with Crippen LogP contribution in [-0.2, 0) is 0 Å². The first-order valence-electron chi connectivity index (χ1n) is 5.95. The van der Waals surface area contributed by atoms with E-state index in [2.05, 4.69) is 28.7 Å². The molecule has 88 valence electrons. The van der Waals surface area contributed by atoms with Crippen molar-refractivity contribution in [2.75, 3.05) is 18.0 Å². The van der Waals surface area contributed by atoms with Gasteiger partial charge in [-0.1, -0.05) is 25.4 Å². The molecule has 0 aliphatic carbocycles. The fourth-order valence-corrected chi connectivity index (χ4v) is 2.57. The molecule has 1 fully saturated rings. The second-order valence-corrected chi connectivity index (χ2v) is 4.96. The predicted octanol–water partition coefficient (Wildman–Crippen LogP) is 3.24. The summed E-state index contributed by atoms with van der Waals surface area (Å²) in [7, 11) is 0. The number of rotatable bonds is 2. The maximum absolute atomic E-state index is 6.17. The van der Waals surface area contributed by atoms with Gasteiger partial charge in [0, 0.05) is 18.7 Å². The van der Waals surface area contributed by atoms with Crippen molar-refractivity contribution in [1.82, 2.24) is 9.97 Å². The van der Waals surface area contributed by atoms with Gasteiger partial charge in [-0.2, -0.15) is 0 Å². The molecule has 0 unspecified atom stereocenters. The Morgan fingerprint density at radius 3 is 2.50 bits per heavy atom. The van der Waals surface area contributed by atoms with Gasteiger partial charge in [-0.25, -0.2) is 9.97 Å². The number of nitrogens with zero attached hydrogens (tertiary/aromatic N) is 3. The molecule has 2 rings (SSSR count). The molecule has 2 heterocycles. The van der Waals surface area contributed by atoms with E-state index in [0.717, 1.165) is 24.5 Å². The van der Waals surface area contributed by atoms with Crippen LogP contribution in [-0.4, -0.2) is 23.1 Å². The Bertz CT molecular complexity index is 359. The molecule has 3 nitrogen and oxygen atoms in total. The molecule has 0 N–H and O–H groups in total. The van der Waals surface area contributed by atoms with Gasteiger partial charge in [0.2, 0.25) is 0 Å². The average molecular weight is 240 g/mol. The van der Waals surface area contributed by atoms with Crippen LogP contribution in [0.2, 0.25) is 5.15 Å². The lowest BCUT2D eigenvalue weighted by molar-refractivity contribution is 0.569.